The van der Waals surface area contributed by atoms with E-state index in [4.69, 9.17) is 19.2 Å². The molecule has 0 bridgehead atoms. The van der Waals surface area contributed by atoms with Crippen LogP contribution in [0.3, 0.4) is 0 Å². The summed E-state index contributed by atoms with van der Waals surface area (Å²) in [6, 6.07) is 22.8. The number of amides is 1. The maximum absolute atomic E-state index is 13.2. The third kappa shape index (κ3) is 5.18. The minimum absolute atomic E-state index is 0.0972. The second kappa shape index (κ2) is 10.2. The number of aromatic nitrogens is 1. The number of thiazole rings is 1. The molecule has 4 aromatic rings. The van der Waals surface area contributed by atoms with Crippen LogP contribution in [0.5, 0.6) is 17.2 Å². The Morgan fingerprint density at radius 1 is 0.938 bits per heavy atom. The first-order valence-corrected chi connectivity index (χ1v) is 11.1. The molecular formula is C25H24N2O4S. The van der Waals surface area contributed by atoms with Gasteiger partial charge in [0.05, 0.1) is 30.5 Å². The monoisotopic (exact) mass is 448 g/mol. The second-order valence-electron chi connectivity index (χ2n) is 6.99. The molecule has 0 radical (unpaired) electrons. The number of benzene rings is 3. The smallest absolute Gasteiger partial charge is 0.267 e. The van der Waals surface area contributed by atoms with E-state index in [-0.39, 0.29) is 12.5 Å². The Balaban J connectivity index is 1.55. The van der Waals surface area contributed by atoms with Crippen molar-refractivity contribution in [3.05, 3.63) is 78.4 Å². The largest absolute Gasteiger partial charge is 0.497 e. The molecule has 7 heteroatoms. The van der Waals surface area contributed by atoms with Crippen LogP contribution in [0.2, 0.25) is 0 Å². The Bertz CT molecular complexity index is 1180. The van der Waals surface area contributed by atoms with Gasteiger partial charge in [-0.3, -0.25) is 9.69 Å². The summed E-state index contributed by atoms with van der Waals surface area (Å²) >= 11 is 1.47. The van der Waals surface area contributed by atoms with Crippen LogP contribution in [0.25, 0.3) is 10.2 Å². The zero-order valence-corrected chi connectivity index (χ0v) is 18.8. The maximum Gasteiger partial charge on any atom is 0.267 e. The molecule has 0 N–H and O–H groups in total. The normalized spacial score (nSPS) is 10.7. The zero-order chi connectivity index (χ0) is 22.3. The van der Waals surface area contributed by atoms with E-state index < -0.39 is 0 Å². The predicted octanol–water partition coefficient (Wildman–Crippen LogP) is 5.32. The van der Waals surface area contributed by atoms with Gasteiger partial charge >= 0.3 is 0 Å². The third-order valence-corrected chi connectivity index (χ3v) is 5.86. The quantitative estimate of drug-likeness (QED) is 0.347. The van der Waals surface area contributed by atoms with E-state index in [9.17, 15) is 4.79 Å². The van der Waals surface area contributed by atoms with Crippen molar-refractivity contribution in [1.82, 2.24) is 4.98 Å². The highest BCUT2D eigenvalue weighted by atomic mass is 32.1. The molecule has 0 fully saturated rings. The highest BCUT2D eigenvalue weighted by molar-refractivity contribution is 7.22. The standard InChI is InChI=1S/C25H24N2O4S/c1-3-30-19-9-11-20(12-10-19)31-17-24(28)27(16-18-7-5-4-6-8-18)25-26-22-15-21(29-2)13-14-23(22)32-25/h4-15H,3,16-17H2,1-2H3. The van der Waals surface area contributed by atoms with Crippen molar-refractivity contribution < 1.29 is 19.0 Å². The van der Waals surface area contributed by atoms with E-state index in [0.717, 1.165) is 27.3 Å². The van der Waals surface area contributed by atoms with Crippen LogP contribution in [0.4, 0.5) is 5.13 Å². The molecule has 0 saturated heterocycles. The minimum Gasteiger partial charge on any atom is -0.497 e. The van der Waals surface area contributed by atoms with Crippen LogP contribution >= 0.6 is 11.3 Å². The SMILES string of the molecule is CCOc1ccc(OCC(=O)N(Cc2ccccc2)c2nc3cc(OC)ccc3s2)cc1. The third-order valence-electron chi connectivity index (χ3n) is 4.80. The molecule has 1 amide bonds. The topological polar surface area (TPSA) is 60.9 Å². The number of rotatable bonds is 9. The summed E-state index contributed by atoms with van der Waals surface area (Å²) in [7, 11) is 1.62. The molecule has 0 aliphatic carbocycles. The molecule has 0 atom stereocenters. The molecule has 0 spiro atoms. The summed E-state index contributed by atoms with van der Waals surface area (Å²) in [5, 5.41) is 0.623. The first-order chi connectivity index (χ1) is 15.7. The van der Waals surface area contributed by atoms with E-state index in [0.29, 0.717) is 24.0 Å². The van der Waals surface area contributed by atoms with Crippen LogP contribution < -0.4 is 19.1 Å². The number of nitrogens with zero attached hydrogens (tertiary/aromatic N) is 2. The van der Waals surface area contributed by atoms with Gasteiger partial charge in [-0.05, 0) is 48.9 Å². The number of ether oxygens (including phenoxy) is 3. The number of carbonyl (C=O) groups excluding carboxylic acids is 1. The number of hydrogen-bond donors (Lipinski definition) is 0. The average Bonchev–Trinajstić information content (AvgIpc) is 3.25. The van der Waals surface area contributed by atoms with Gasteiger partial charge in [0.25, 0.3) is 5.91 Å². The van der Waals surface area contributed by atoms with Crippen molar-refractivity contribution in [3.8, 4) is 17.2 Å². The Labute approximate surface area is 191 Å². The number of methoxy groups -OCH3 is 1. The Morgan fingerprint density at radius 2 is 1.62 bits per heavy atom. The van der Waals surface area contributed by atoms with Gasteiger partial charge in [0.2, 0.25) is 0 Å². The maximum atomic E-state index is 13.2. The highest BCUT2D eigenvalue weighted by Crippen LogP contribution is 2.32. The lowest BCUT2D eigenvalue weighted by Crippen LogP contribution is -2.34. The van der Waals surface area contributed by atoms with Gasteiger partial charge in [0.1, 0.15) is 17.2 Å². The van der Waals surface area contributed by atoms with Crippen molar-refractivity contribution in [2.75, 3.05) is 25.2 Å². The van der Waals surface area contributed by atoms with Crippen molar-refractivity contribution in [2.24, 2.45) is 0 Å². The zero-order valence-electron chi connectivity index (χ0n) is 18.0. The fourth-order valence-electron chi connectivity index (χ4n) is 3.19. The van der Waals surface area contributed by atoms with Gasteiger partial charge in [-0.1, -0.05) is 41.7 Å². The van der Waals surface area contributed by atoms with E-state index >= 15 is 0 Å². The van der Waals surface area contributed by atoms with Crippen LogP contribution in [-0.2, 0) is 11.3 Å². The van der Waals surface area contributed by atoms with Crippen molar-refractivity contribution in [2.45, 2.75) is 13.5 Å². The molecule has 0 saturated carbocycles. The fourth-order valence-corrected chi connectivity index (χ4v) is 4.15. The summed E-state index contributed by atoms with van der Waals surface area (Å²) in [5.41, 5.74) is 1.81. The molecular weight excluding hydrogens is 424 g/mol. The summed E-state index contributed by atoms with van der Waals surface area (Å²) in [5.74, 6) is 1.93. The van der Waals surface area contributed by atoms with E-state index in [1.54, 1.807) is 24.1 Å². The first kappa shape index (κ1) is 21.6. The van der Waals surface area contributed by atoms with Crippen LogP contribution in [-0.4, -0.2) is 31.2 Å². The molecule has 4 rings (SSSR count). The predicted molar refractivity (Wildman–Crippen MR) is 127 cm³/mol. The summed E-state index contributed by atoms with van der Waals surface area (Å²) in [4.78, 5) is 19.6. The van der Waals surface area contributed by atoms with Gasteiger partial charge in [-0.15, -0.1) is 0 Å². The van der Waals surface area contributed by atoms with Gasteiger partial charge in [0.15, 0.2) is 11.7 Å². The molecule has 0 aliphatic rings. The molecule has 3 aromatic carbocycles. The van der Waals surface area contributed by atoms with Crippen LogP contribution in [0.15, 0.2) is 72.8 Å². The summed E-state index contributed by atoms with van der Waals surface area (Å²) in [6.45, 7) is 2.84. The fraction of sp³-hybridized carbons (Fsp3) is 0.200. The second-order valence-corrected chi connectivity index (χ2v) is 8.00. The Kier molecular flexibility index (Phi) is 6.87. The lowest BCUT2D eigenvalue weighted by Gasteiger charge is -2.20. The Morgan fingerprint density at radius 3 is 2.31 bits per heavy atom. The number of fused-ring (bicyclic) bond motifs is 1. The Hall–Kier alpha value is -3.58. The number of carbonyl (C=O) groups is 1. The van der Waals surface area contributed by atoms with Gasteiger partial charge in [-0.2, -0.15) is 0 Å². The lowest BCUT2D eigenvalue weighted by atomic mass is 10.2. The first-order valence-electron chi connectivity index (χ1n) is 10.3. The van der Waals surface area contributed by atoms with Gasteiger partial charge in [-0.25, -0.2) is 4.98 Å². The molecule has 1 heterocycles. The molecule has 0 aliphatic heterocycles. The lowest BCUT2D eigenvalue weighted by molar-refractivity contribution is -0.120. The average molecular weight is 449 g/mol. The molecule has 32 heavy (non-hydrogen) atoms. The van der Waals surface area contributed by atoms with Crippen LogP contribution in [0.1, 0.15) is 12.5 Å². The number of hydrogen-bond acceptors (Lipinski definition) is 6. The van der Waals surface area contributed by atoms with Crippen molar-refractivity contribution in [3.63, 3.8) is 0 Å². The summed E-state index contributed by atoms with van der Waals surface area (Å²) in [6.07, 6.45) is 0. The summed E-state index contributed by atoms with van der Waals surface area (Å²) < 4.78 is 17.5. The molecule has 1 aromatic heterocycles. The highest BCUT2D eigenvalue weighted by Gasteiger charge is 2.21. The van der Waals surface area contributed by atoms with Crippen molar-refractivity contribution in [1.29, 1.82) is 0 Å². The van der Waals surface area contributed by atoms with Gasteiger partial charge in [0, 0.05) is 6.07 Å². The van der Waals surface area contributed by atoms with E-state index in [1.807, 2.05) is 67.6 Å². The molecule has 164 valence electrons. The number of anilines is 1. The minimum atomic E-state index is -0.172. The van der Waals surface area contributed by atoms with E-state index in [2.05, 4.69) is 0 Å². The van der Waals surface area contributed by atoms with E-state index in [1.165, 1.54) is 11.3 Å². The van der Waals surface area contributed by atoms with Gasteiger partial charge < -0.3 is 14.2 Å². The van der Waals surface area contributed by atoms with Crippen molar-refractivity contribution >= 4 is 32.6 Å². The molecule has 6 nitrogen and oxygen atoms in total. The van der Waals surface area contributed by atoms with Crippen LogP contribution in [0, 0.1) is 0 Å². The molecule has 0 unspecified atom stereocenters.